The van der Waals surface area contributed by atoms with Crippen molar-refractivity contribution < 1.29 is 22.8 Å². The van der Waals surface area contributed by atoms with E-state index < -0.39 is 17.6 Å². The van der Waals surface area contributed by atoms with Gasteiger partial charge in [-0.3, -0.25) is 9.59 Å². The van der Waals surface area contributed by atoms with Gasteiger partial charge >= 0.3 is 6.18 Å². The van der Waals surface area contributed by atoms with Crippen molar-refractivity contribution >= 4 is 34.5 Å². The molecule has 2 heterocycles. The Morgan fingerprint density at radius 3 is 2.48 bits per heavy atom. The minimum atomic E-state index is -4.52. The van der Waals surface area contributed by atoms with E-state index in [1.54, 1.807) is 40.5 Å². The number of hydrogen-bond acceptors (Lipinski definition) is 3. The number of nitrogens with one attached hydrogen (secondary N) is 1. The molecule has 2 amide bonds. The number of halogens is 3. The first-order valence-electron chi connectivity index (χ1n) is 9.80. The van der Waals surface area contributed by atoms with Gasteiger partial charge < -0.3 is 10.2 Å². The van der Waals surface area contributed by atoms with Crippen molar-refractivity contribution in [2.24, 2.45) is 0 Å². The lowest BCUT2D eigenvalue weighted by molar-refractivity contribution is -0.137. The zero-order valence-electron chi connectivity index (χ0n) is 16.4. The van der Waals surface area contributed by atoms with Crippen molar-refractivity contribution in [2.45, 2.75) is 25.4 Å². The normalized spacial score (nSPS) is 14.0. The standard InChI is InChI=1S/C23H19F3N2O2S/c24-23(25,26)17-5-3-4-16(14-17)21(29)27-18-9-7-15(8-10-18)22(30)28-12-2-1-6-20-19(28)11-13-31-20/h3-5,7-11,13-14H,1-2,6,12H2,(H,27,29). The third-order valence-corrected chi connectivity index (χ3v) is 6.11. The Morgan fingerprint density at radius 2 is 1.74 bits per heavy atom. The lowest BCUT2D eigenvalue weighted by Crippen LogP contribution is -2.31. The number of alkyl halides is 3. The van der Waals surface area contributed by atoms with Crippen LogP contribution in [0.1, 0.15) is 44.0 Å². The van der Waals surface area contributed by atoms with E-state index in [0.29, 0.717) is 17.8 Å². The minimum absolute atomic E-state index is 0.0930. The quantitative estimate of drug-likeness (QED) is 0.539. The van der Waals surface area contributed by atoms with Gasteiger partial charge in [0.2, 0.25) is 0 Å². The summed E-state index contributed by atoms with van der Waals surface area (Å²) in [5.41, 5.74) is 0.854. The number of thiophene rings is 1. The number of anilines is 2. The molecule has 1 aliphatic heterocycles. The number of fused-ring (bicyclic) bond motifs is 1. The smallest absolute Gasteiger partial charge is 0.322 e. The maximum Gasteiger partial charge on any atom is 0.416 e. The number of aryl methyl sites for hydroxylation is 1. The molecule has 0 bridgehead atoms. The molecular formula is C23H19F3N2O2S. The van der Waals surface area contributed by atoms with Crippen LogP contribution in [0, 0.1) is 0 Å². The van der Waals surface area contributed by atoms with E-state index >= 15 is 0 Å². The summed E-state index contributed by atoms with van der Waals surface area (Å²) in [6.07, 6.45) is -1.58. The van der Waals surface area contributed by atoms with Crippen LogP contribution in [0.5, 0.6) is 0 Å². The zero-order chi connectivity index (χ0) is 22.0. The lowest BCUT2D eigenvalue weighted by atomic mass is 10.1. The summed E-state index contributed by atoms with van der Waals surface area (Å²) < 4.78 is 38.6. The molecule has 3 aromatic rings. The molecule has 0 spiro atoms. The van der Waals surface area contributed by atoms with Gasteiger partial charge in [-0.1, -0.05) is 6.07 Å². The number of amides is 2. The number of nitrogens with zero attached hydrogens (tertiary/aromatic N) is 1. The SMILES string of the molecule is O=C(Nc1ccc(C(=O)N2CCCCc3sccc32)cc1)c1cccc(C(F)(F)F)c1. The predicted molar refractivity (Wildman–Crippen MR) is 115 cm³/mol. The second-order valence-corrected chi connectivity index (χ2v) is 8.25. The van der Waals surface area contributed by atoms with Gasteiger partial charge in [0.1, 0.15) is 0 Å². The maximum atomic E-state index is 13.0. The predicted octanol–water partition coefficient (Wildman–Crippen LogP) is 6.00. The summed E-state index contributed by atoms with van der Waals surface area (Å²) in [6, 6.07) is 12.6. The fourth-order valence-electron chi connectivity index (χ4n) is 3.54. The van der Waals surface area contributed by atoms with E-state index in [1.807, 2.05) is 11.4 Å². The fraction of sp³-hybridized carbons (Fsp3) is 0.217. The van der Waals surface area contributed by atoms with Gasteiger partial charge in [0.05, 0.1) is 11.3 Å². The van der Waals surface area contributed by atoms with E-state index in [2.05, 4.69) is 5.32 Å². The Labute approximate surface area is 181 Å². The van der Waals surface area contributed by atoms with Crippen molar-refractivity contribution in [3.63, 3.8) is 0 Å². The highest BCUT2D eigenvalue weighted by Gasteiger charge is 2.31. The van der Waals surface area contributed by atoms with Crippen molar-refractivity contribution in [1.29, 1.82) is 0 Å². The van der Waals surface area contributed by atoms with Crippen LogP contribution < -0.4 is 10.2 Å². The number of carbonyl (C=O) groups excluding carboxylic acids is 2. The number of rotatable bonds is 3. The van der Waals surface area contributed by atoms with Gasteiger partial charge in [-0.05, 0) is 73.2 Å². The summed E-state index contributed by atoms with van der Waals surface area (Å²) in [4.78, 5) is 28.4. The Bertz CT molecular complexity index is 1110. The molecule has 31 heavy (non-hydrogen) atoms. The van der Waals surface area contributed by atoms with Crippen LogP contribution in [-0.2, 0) is 12.6 Å². The molecular weight excluding hydrogens is 425 g/mol. The van der Waals surface area contributed by atoms with E-state index in [1.165, 1.54) is 17.0 Å². The highest BCUT2D eigenvalue weighted by atomic mass is 32.1. The van der Waals surface area contributed by atoms with Crippen LogP contribution in [0.3, 0.4) is 0 Å². The van der Waals surface area contributed by atoms with Gasteiger partial charge in [-0.2, -0.15) is 13.2 Å². The fourth-order valence-corrected chi connectivity index (χ4v) is 4.46. The molecule has 0 atom stereocenters. The molecule has 0 aliphatic carbocycles. The molecule has 0 radical (unpaired) electrons. The molecule has 0 saturated carbocycles. The molecule has 1 aromatic heterocycles. The van der Waals surface area contributed by atoms with E-state index in [0.717, 1.165) is 37.1 Å². The highest BCUT2D eigenvalue weighted by molar-refractivity contribution is 7.10. The summed E-state index contributed by atoms with van der Waals surface area (Å²) >= 11 is 1.65. The topological polar surface area (TPSA) is 49.4 Å². The number of carbonyl (C=O) groups is 2. The van der Waals surface area contributed by atoms with Crippen LogP contribution in [0.15, 0.2) is 60.0 Å². The van der Waals surface area contributed by atoms with Gasteiger partial charge in [-0.15, -0.1) is 11.3 Å². The molecule has 0 saturated heterocycles. The molecule has 160 valence electrons. The minimum Gasteiger partial charge on any atom is -0.322 e. The first-order valence-corrected chi connectivity index (χ1v) is 10.7. The van der Waals surface area contributed by atoms with Crippen molar-refractivity contribution in [2.75, 3.05) is 16.8 Å². The number of hydrogen-bond donors (Lipinski definition) is 1. The Balaban J connectivity index is 1.48. The van der Waals surface area contributed by atoms with Gasteiger partial charge in [0.25, 0.3) is 11.8 Å². The van der Waals surface area contributed by atoms with Gasteiger partial charge in [-0.25, -0.2) is 0 Å². The molecule has 4 nitrogen and oxygen atoms in total. The van der Waals surface area contributed by atoms with Crippen molar-refractivity contribution in [3.8, 4) is 0 Å². The van der Waals surface area contributed by atoms with Crippen LogP contribution in [0.2, 0.25) is 0 Å². The molecule has 4 rings (SSSR count). The third kappa shape index (κ3) is 4.64. The van der Waals surface area contributed by atoms with Crippen LogP contribution in [-0.4, -0.2) is 18.4 Å². The van der Waals surface area contributed by atoms with Gasteiger partial charge in [0.15, 0.2) is 0 Å². The second-order valence-electron chi connectivity index (χ2n) is 7.25. The Morgan fingerprint density at radius 1 is 0.968 bits per heavy atom. The number of benzene rings is 2. The first-order chi connectivity index (χ1) is 14.8. The summed E-state index contributed by atoms with van der Waals surface area (Å²) in [5.74, 6) is -0.766. The van der Waals surface area contributed by atoms with Crippen LogP contribution in [0.4, 0.5) is 24.5 Å². The van der Waals surface area contributed by atoms with Crippen molar-refractivity contribution in [1.82, 2.24) is 0 Å². The monoisotopic (exact) mass is 444 g/mol. The van der Waals surface area contributed by atoms with E-state index in [9.17, 15) is 22.8 Å². The molecule has 0 unspecified atom stereocenters. The van der Waals surface area contributed by atoms with Crippen LogP contribution >= 0.6 is 11.3 Å². The zero-order valence-corrected chi connectivity index (χ0v) is 17.2. The third-order valence-electron chi connectivity index (χ3n) is 5.14. The summed E-state index contributed by atoms with van der Waals surface area (Å²) in [6.45, 7) is 0.649. The average Bonchev–Trinajstić information content (AvgIpc) is 3.12. The molecule has 0 fully saturated rings. The van der Waals surface area contributed by atoms with E-state index in [-0.39, 0.29) is 11.5 Å². The lowest BCUT2D eigenvalue weighted by Gasteiger charge is -2.21. The van der Waals surface area contributed by atoms with Crippen molar-refractivity contribution in [3.05, 3.63) is 81.5 Å². The maximum absolute atomic E-state index is 13.0. The highest BCUT2D eigenvalue weighted by Crippen LogP contribution is 2.32. The second kappa shape index (κ2) is 8.55. The Kier molecular flexibility index (Phi) is 5.82. The molecule has 8 heteroatoms. The summed E-state index contributed by atoms with van der Waals surface area (Å²) in [7, 11) is 0. The van der Waals surface area contributed by atoms with E-state index in [4.69, 9.17) is 0 Å². The van der Waals surface area contributed by atoms with Gasteiger partial charge in [0, 0.05) is 28.2 Å². The Hall–Kier alpha value is -3.13. The average molecular weight is 444 g/mol. The van der Waals surface area contributed by atoms with Crippen LogP contribution in [0.25, 0.3) is 0 Å². The molecule has 1 N–H and O–H groups in total. The largest absolute Gasteiger partial charge is 0.416 e. The summed E-state index contributed by atoms with van der Waals surface area (Å²) in [5, 5.41) is 4.56. The molecule has 1 aliphatic rings. The molecule has 2 aromatic carbocycles. The first kappa shape index (κ1) is 21.1.